The Morgan fingerprint density at radius 2 is 2.20 bits per heavy atom. The molecule has 0 N–H and O–H groups in total. The number of benzene rings is 1. The van der Waals surface area contributed by atoms with Crippen LogP contribution >= 0.6 is 11.3 Å². The molecule has 2 aromatic rings. The molecule has 0 aliphatic carbocycles. The molecule has 0 spiro atoms. The van der Waals surface area contributed by atoms with Gasteiger partial charge in [0.05, 0.1) is 22.0 Å². The second kappa shape index (κ2) is 5.42. The van der Waals surface area contributed by atoms with E-state index >= 15 is 0 Å². The SMILES string of the molecule is CCCS(=O)(=O)N1CCC[C@H]1c1nc2ccccc2s1. The van der Waals surface area contributed by atoms with Crippen LogP contribution in [0.4, 0.5) is 0 Å². The third-order valence-corrected chi connectivity index (χ3v) is 6.83. The molecule has 1 aromatic heterocycles. The van der Waals surface area contributed by atoms with Gasteiger partial charge >= 0.3 is 0 Å². The molecular weight excluding hydrogens is 292 g/mol. The van der Waals surface area contributed by atoms with E-state index in [1.54, 1.807) is 15.6 Å². The number of para-hydroxylation sites is 1. The van der Waals surface area contributed by atoms with Crippen molar-refractivity contribution in [3.63, 3.8) is 0 Å². The van der Waals surface area contributed by atoms with Gasteiger partial charge in [-0.15, -0.1) is 11.3 Å². The van der Waals surface area contributed by atoms with Crippen LogP contribution in [-0.4, -0.2) is 30.0 Å². The molecule has 0 saturated carbocycles. The molecule has 0 unspecified atom stereocenters. The van der Waals surface area contributed by atoms with Gasteiger partial charge in [0.1, 0.15) is 5.01 Å². The smallest absolute Gasteiger partial charge is 0.214 e. The van der Waals surface area contributed by atoms with Gasteiger partial charge in [0, 0.05) is 6.54 Å². The number of aromatic nitrogens is 1. The molecule has 108 valence electrons. The molecule has 1 saturated heterocycles. The quantitative estimate of drug-likeness (QED) is 0.871. The maximum Gasteiger partial charge on any atom is 0.214 e. The van der Waals surface area contributed by atoms with Crippen LogP contribution in [0.25, 0.3) is 10.2 Å². The largest absolute Gasteiger partial charge is 0.239 e. The first-order valence-corrected chi connectivity index (χ1v) is 9.39. The zero-order chi connectivity index (χ0) is 14.2. The highest BCUT2D eigenvalue weighted by Gasteiger charge is 2.36. The Hall–Kier alpha value is -0.980. The number of hydrogen-bond acceptors (Lipinski definition) is 4. The average molecular weight is 310 g/mol. The second-order valence-electron chi connectivity index (χ2n) is 5.10. The van der Waals surface area contributed by atoms with Gasteiger partial charge in [-0.1, -0.05) is 19.1 Å². The number of thiazole rings is 1. The first kappa shape index (κ1) is 14.0. The molecule has 1 aliphatic rings. The van der Waals surface area contributed by atoms with E-state index in [2.05, 4.69) is 4.98 Å². The Labute approximate surface area is 123 Å². The summed E-state index contributed by atoms with van der Waals surface area (Å²) < 4.78 is 27.5. The standard InChI is InChI=1S/C14H18N2O2S2/c1-2-10-20(17,18)16-9-5-7-12(16)14-15-11-6-3-4-8-13(11)19-14/h3-4,6,8,12H,2,5,7,9-10H2,1H3/t12-/m0/s1. The van der Waals surface area contributed by atoms with Crippen LogP contribution in [-0.2, 0) is 10.0 Å². The van der Waals surface area contributed by atoms with Gasteiger partial charge in [-0.05, 0) is 31.4 Å². The third kappa shape index (κ3) is 2.47. The van der Waals surface area contributed by atoms with E-state index in [1.807, 2.05) is 31.2 Å². The van der Waals surface area contributed by atoms with Crippen molar-refractivity contribution in [2.45, 2.75) is 32.2 Å². The van der Waals surface area contributed by atoms with Crippen LogP contribution in [0.5, 0.6) is 0 Å². The number of nitrogens with zero attached hydrogens (tertiary/aromatic N) is 2. The molecule has 20 heavy (non-hydrogen) atoms. The zero-order valence-corrected chi connectivity index (χ0v) is 13.1. The van der Waals surface area contributed by atoms with Crippen molar-refractivity contribution in [2.75, 3.05) is 12.3 Å². The minimum atomic E-state index is -3.14. The summed E-state index contributed by atoms with van der Waals surface area (Å²) in [5.74, 6) is 0.231. The van der Waals surface area contributed by atoms with Crippen molar-refractivity contribution in [2.24, 2.45) is 0 Å². The van der Waals surface area contributed by atoms with Gasteiger partial charge in [-0.2, -0.15) is 4.31 Å². The Morgan fingerprint density at radius 3 is 2.95 bits per heavy atom. The summed E-state index contributed by atoms with van der Waals surface area (Å²) in [7, 11) is -3.14. The Kier molecular flexibility index (Phi) is 3.79. The van der Waals surface area contributed by atoms with E-state index in [0.717, 1.165) is 28.1 Å². The molecule has 3 rings (SSSR count). The molecule has 6 heteroatoms. The first-order chi connectivity index (χ1) is 9.62. The molecule has 4 nitrogen and oxygen atoms in total. The summed E-state index contributed by atoms with van der Waals surface area (Å²) in [6.07, 6.45) is 2.46. The first-order valence-electron chi connectivity index (χ1n) is 6.97. The molecule has 0 bridgehead atoms. The summed E-state index contributed by atoms with van der Waals surface area (Å²) in [6, 6.07) is 7.91. The molecule has 1 aromatic carbocycles. The zero-order valence-electron chi connectivity index (χ0n) is 11.4. The molecular formula is C14H18N2O2S2. The van der Waals surface area contributed by atoms with Gasteiger partial charge < -0.3 is 0 Å². The van der Waals surface area contributed by atoms with E-state index in [4.69, 9.17) is 0 Å². The minimum absolute atomic E-state index is 0.0658. The Morgan fingerprint density at radius 1 is 1.40 bits per heavy atom. The molecule has 0 radical (unpaired) electrons. The maximum atomic E-state index is 12.3. The molecule has 2 heterocycles. The van der Waals surface area contributed by atoms with Crippen molar-refractivity contribution >= 4 is 31.6 Å². The normalized spacial score (nSPS) is 20.8. The maximum absolute atomic E-state index is 12.3. The Balaban J connectivity index is 1.96. The number of sulfonamides is 1. The summed E-state index contributed by atoms with van der Waals surface area (Å²) in [4.78, 5) is 4.63. The van der Waals surface area contributed by atoms with Gasteiger partial charge in [0.2, 0.25) is 10.0 Å². The fraction of sp³-hybridized carbons (Fsp3) is 0.500. The van der Waals surface area contributed by atoms with Crippen LogP contribution in [0.3, 0.4) is 0 Å². The van der Waals surface area contributed by atoms with Crippen LogP contribution in [0, 0.1) is 0 Å². The predicted molar refractivity (Wildman–Crippen MR) is 82.4 cm³/mol. The lowest BCUT2D eigenvalue weighted by atomic mass is 10.2. The van der Waals surface area contributed by atoms with E-state index in [-0.39, 0.29) is 11.8 Å². The van der Waals surface area contributed by atoms with Gasteiger partial charge in [0.15, 0.2) is 0 Å². The van der Waals surface area contributed by atoms with Crippen LogP contribution in [0.2, 0.25) is 0 Å². The van der Waals surface area contributed by atoms with E-state index in [0.29, 0.717) is 13.0 Å². The molecule has 1 aliphatic heterocycles. The fourth-order valence-electron chi connectivity index (χ4n) is 2.73. The van der Waals surface area contributed by atoms with E-state index < -0.39 is 10.0 Å². The molecule has 0 amide bonds. The summed E-state index contributed by atoms with van der Waals surface area (Å²) in [5, 5.41) is 0.934. The summed E-state index contributed by atoms with van der Waals surface area (Å²) in [6.45, 7) is 2.53. The van der Waals surface area contributed by atoms with Crippen LogP contribution in [0.1, 0.15) is 37.2 Å². The second-order valence-corrected chi connectivity index (χ2v) is 8.21. The highest BCUT2D eigenvalue weighted by atomic mass is 32.2. The highest BCUT2D eigenvalue weighted by molar-refractivity contribution is 7.89. The minimum Gasteiger partial charge on any atom is -0.239 e. The monoisotopic (exact) mass is 310 g/mol. The van der Waals surface area contributed by atoms with Crippen molar-refractivity contribution < 1.29 is 8.42 Å². The lowest BCUT2D eigenvalue weighted by Crippen LogP contribution is -2.32. The topological polar surface area (TPSA) is 50.3 Å². The number of hydrogen-bond donors (Lipinski definition) is 0. The van der Waals surface area contributed by atoms with Crippen LogP contribution in [0.15, 0.2) is 24.3 Å². The molecule has 1 fully saturated rings. The van der Waals surface area contributed by atoms with Gasteiger partial charge in [0.25, 0.3) is 0 Å². The number of fused-ring (bicyclic) bond motifs is 1. The summed E-state index contributed by atoms with van der Waals surface area (Å²) >= 11 is 1.62. The van der Waals surface area contributed by atoms with Crippen molar-refractivity contribution in [3.8, 4) is 0 Å². The predicted octanol–water partition coefficient (Wildman–Crippen LogP) is 3.17. The number of rotatable bonds is 4. The van der Waals surface area contributed by atoms with E-state index in [9.17, 15) is 8.42 Å². The van der Waals surface area contributed by atoms with Crippen molar-refractivity contribution in [1.29, 1.82) is 0 Å². The average Bonchev–Trinajstić information content (AvgIpc) is 3.05. The fourth-order valence-corrected chi connectivity index (χ4v) is 5.66. The Bertz CT molecular complexity index is 676. The summed E-state index contributed by atoms with van der Waals surface area (Å²) in [5.41, 5.74) is 0.965. The lowest BCUT2D eigenvalue weighted by molar-refractivity contribution is 0.396. The third-order valence-electron chi connectivity index (χ3n) is 3.62. The lowest BCUT2D eigenvalue weighted by Gasteiger charge is -2.22. The van der Waals surface area contributed by atoms with Gasteiger partial charge in [-0.3, -0.25) is 0 Å². The van der Waals surface area contributed by atoms with Gasteiger partial charge in [-0.25, -0.2) is 13.4 Å². The molecule has 1 atom stereocenters. The highest BCUT2D eigenvalue weighted by Crippen LogP contribution is 2.38. The van der Waals surface area contributed by atoms with Crippen LogP contribution < -0.4 is 0 Å². The van der Waals surface area contributed by atoms with Crippen molar-refractivity contribution in [1.82, 2.24) is 9.29 Å². The van der Waals surface area contributed by atoms with E-state index in [1.165, 1.54) is 0 Å². The van der Waals surface area contributed by atoms with Crippen molar-refractivity contribution in [3.05, 3.63) is 29.3 Å².